The molecule has 0 saturated carbocycles. The van der Waals surface area contributed by atoms with Gasteiger partial charge in [0, 0.05) is 20.1 Å². The lowest BCUT2D eigenvalue weighted by Gasteiger charge is -2.32. The number of hydrogen-bond donors (Lipinski definition) is 1. The van der Waals surface area contributed by atoms with Crippen LogP contribution in [0.5, 0.6) is 0 Å². The van der Waals surface area contributed by atoms with Crippen molar-refractivity contribution in [2.75, 3.05) is 19.6 Å². The zero-order chi connectivity index (χ0) is 18.5. The summed E-state index contributed by atoms with van der Waals surface area (Å²) >= 11 is 0. The van der Waals surface area contributed by atoms with Crippen molar-refractivity contribution in [2.45, 2.75) is 26.2 Å². The second-order valence-corrected chi connectivity index (χ2v) is 6.99. The van der Waals surface area contributed by atoms with Crippen LogP contribution >= 0.6 is 0 Å². The average Bonchev–Trinajstić information content (AvgIpc) is 2.99. The first-order chi connectivity index (χ1) is 12.5. The Morgan fingerprint density at radius 2 is 1.88 bits per heavy atom. The number of carbonyl (C=O) groups excluding carboxylic acids is 2. The van der Waals surface area contributed by atoms with E-state index < -0.39 is 0 Å². The molecule has 26 heavy (non-hydrogen) atoms. The number of aryl methyl sites for hydroxylation is 2. The Morgan fingerprint density at radius 1 is 1.19 bits per heavy atom. The van der Waals surface area contributed by atoms with Gasteiger partial charge in [0.25, 0.3) is 5.91 Å². The van der Waals surface area contributed by atoms with Crippen molar-refractivity contribution >= 4 is 11.8 Å². The van der Waals surface area contributed by atoms with Crippen LogP contribution in [0.25, 0.3) is 0 Å². The topological polar surface area (TPSA) is 67.2 Å². The van der Waals surface area contributed by atoms with Crippen molar-refractivity contribution in [1.82, 2.24) is 20.0 Å². The number of aromatic nitrogens is 2. The number of benzene rings is 1. The number of carbonyl (C=O) groups is 2. The molecule has 2 aromatic rings. The molecule has 0 bridgehead atoms. The summed E-state index contributed by atoms with van der Waals surface area (Å²) in [6.07, 6.45) is 3.09. The highest BCUT2D eigenvalue weighted by molar-refractivity contribution is 5.95. The van der Waals surface area contributed by atoms with Crippen LogP contribution in [0.15, 0.2) is 36.4 Å². The fraction of sp³-hybridized carbons (Fsp3) is 0.450. The fourth-order valence-electron chi connectivity index (χ4n) is 3.52. The lowest BCUT2D eigenvalue weighted by atomic mass is 9.90. The molecule has 1 aliphatic rings. The Balaban J connectivity index is 1.43. The molecule has 0 unspecified atom stereocenters. The normalized spacial score (nSPS) is 15.1. The summed E-state index contributed by atoms with van der Waals surface area (Å²) < 4.78 is 1.53. The van der Waals surface area contributed by atoms with Crippen molar-refractivity contribution in [1.29, 1.82) is 0 Å². The van der Waals surface area contributed by atoms with Crippen molar-refractivity contribution in [3.8, 4) is 0 Å². The molecule has 2 amide bonds. The number of nitrogens with one attached hydrogen (secondary N) is 1. The molecule has 6 nitrogen and oxygen atoms in total. The summed E-state index contributed by atoms with van der Waals surface area (Å²) in [5.41, 5.74) is 2.61. The first-order valence-corrected chi connectivity index (χ1v) is 9.13. The van der Waals surface area contributed by atoms with Crippen LogP contribution in [0, 0.1) is 12.8 Å². The number of rotatable bonds is 5. The minimum Gasteiger partial charge on any atom is -0.342 e. The van der Waals surface area contributed by atoms with E-state index in [9.17, 15) is 9.59 Å². The predicted molar refractivity (Wildman–Crippen MR) is 99.7 cm³/mol. The van der Waals surface area contributed by atoms with Crippen LogP contribution in [0.4, 0.5) is 0 Å². The Morgan fingerprint density at radius 3 is 2.50 bits per heavy atom. The molecular formula is C20H26N4O2. The first-order valence-electron chi connectivity index (χ1n) is 9.13. The number of likely N-dealkylation sites (tertiary alicyclic amines) is 1. The van der Waals surface area contributed by atoms with Gasteiger partial charge < -0.3 is 10.2 Å². The molecule has 1 aromatic carbocycles. The molecule has 6 heteroatoms. The summed E-state index contributed by atoms with van der Waals surface area (Å²) in [7, 11) is 1.72. The van der Waals surface area contributed by atoms with Crippen LogP contribution < -0.4 is 5.32 Å². The van der Waals surface area contributed by atoms with E-state index in [0.29, 0.717) is 11.6 Å². The van der Waals surface area contributed by atoms with E-state index in [1.165, 1.54) is 10.2 Å². The maximum Gasteiger partial charge on any atom is 0.269 e. The van der Waals surface area contributed by atoms with Gasteiger partial charge in [-0.15, -0.1) is 0 Å². The van der Waals surface area contributed by atoms with Crippen molar-refractivity contribution < 1.29 is 9.59 Å². The minimum absolute atomic E-state index is 0.0181. The van der Waals surface area contributed by atoms with Gasteiger partial charge in [-0.25, -0.2) is 0 Å². The van der Waals surface area contributed by atoms with Crippen LogP contribution in [-0.4, -0.2) is 46.1 Å². The summed E-state index contributed by atoms with van der Waals surface area (Å²) in [5, 5.41) is 6.86. The number of amides is 2. The lowest BCUT2D eigenvalue weighted by molar-refractivity contribution is -0.131. The molecule has 1 aliphatic heterocycles. The zero-order valence-corrected chi connectivity index (χ0v) is 15.4. The third-order valence-electron chi connectivity index (χ3n) is 4.97. The van der Waals surface area contributed by atoms with Crippen molar-refractivity contribution in [3.63, 3.8) is 0 Å². The van der Waals surface area contributed by atoms with Gasteiger partial charge >= 0.3 is 0 Å². The summed E-state index contributed by atoms with van der Waals surface area (Å²) in [4.78, 5) is 26.4. The molecule has 1 aromatic heterocycles. The fourth-order valence-corrected chi connectivity index (χ4v) is 3.52. The van der Waals surface area contributed by atoms with E-state index in [4.69, 9.17) is 0 Å². The molecule has 1 N–H and O–H groups in total. The molecular weight excluding hydrogens is 328 g/mol. The molecule has 138 valence electrons. The predicted octanol–water partition coefficient (Wildman–Crippen LogP) is 1.94. The molecule has 1 saturated heterocycles. The highest BCUT2D eigenvalue weighted by Gasteiger charge is 2.23. The maximum atomic E-state index is 12.4. The Labute approximate surface area is 154 Å². The zero-order valence-electron chi connectivity index (χ0n) is 15.4. The van der Waals surface area contributed by atoms with Crippen LogP contribution in [-0.2, 0) is 18.3 Å². The van der Waals surface area contributed by atoms with Gasteiger partial charge in [-0.2, -0.15) is 5.10 Å². The molecule has 3 rings (SSSR count). The standard InChI is InChI=1S/C20H26N4O2/c1-15-12-18(23(2)22-15)20(26)21-14-19(25)24-10-8-17(9-11-24)13-16-6-4-3-5-7-16/h3-7,12,17H,8-11,13-14H2,1-2H3,(H,21,26). The summed E-state index contributed by atoms with van der Waals surface area (Å²) in [6, 6.07) is 12.2. The second kappa shape index (κ2) is 8.17. The molecule has 0 atom stereocenters. The number of piperidine rings is 1. The van der Waals surface area contributed by atoms with Crippen LogP contribution in [0.1, 0.15) is 34.6 Å². The molecule has 0 aliphatic carbocycles. The van der Waals surface area contributed by atoms with E-state index in [1.807, 2.05) is 17.9 Å². The van der Waals surface area contributed by atoms with Crippen LogP contribution in [0.3, 0.4) is 0 Å². The van der Waals surface area contributed by atoms with Crippen molar-refractivity contribution in [2.24, 2.45) is 13.0 Å². The van der Waals surface area contributed by atoms with Gasteiger partial charge in [0.05, 0.1) is 12.2 Å². The van der Waals surface area contributed by atoms with Gasteiger partial charge in [-0.05, 0) is 43.7 Å². The Bertz CT molecular complexity index is 761. The summed E-state index contributed by atoms with van der Waals surface area (Å²) in [6.45, 7) is 3.39. The van der Waals surface area contributed by atoms with E-state index in [2.05, 4.69) is 34.7 Å². The SMILES string of the molecule is Cc1cc(C(=O)NCC(=O)N2CCC(Cc3ccccc3)CC2)n(C)n1. The quantitative estimate of drug-likeness (QED) is 0.892. The molecule has 1 fully saturated rings. The van der Waals surface area contributed by atoms with E-state index in [-0.39, 0.29) is 18.4 Å². The van der Waals surface area contributed by atoms with Gasteiger partial charge in [0.1, 0.15) is 5.69 Å². The third kappa shape index (κ3) is 4.50. The molecule has 2 heterocycles. The van der Waals surface area contributed by atoms with Gasteiger partial charge in [-0.1, -0.05) is 30.3 Å². The van der Waals surface area contributed by atoms with Crippen LogP contribution in [0.2, 0.25) is 0 Å². The Hall–Kier alpha value is -2.63. The van der Waals surface area contributed by atoms with E-state index in [1.54, 1.807) is 13.1 Å². The van der Waals surface area contributed by atoms with Gasteiger partial charge in [0.2, 0.25) is 5.91 Å². The van der Waals surface area contributed by atoms with Gasteiger partial charge in [0.15, 0.2) is 0 Å². The maximum absolute atomic E-state index is 12.4. The smallest absolute Gasteiger partial charge is 0.269 e. The highest BCUT2D eigenvalue weighted by Crippen LogP contribution is 2.21. The molecule has 0 radical (unpaired) electrons. The van der Waals surface area contributed by atoms with Gasteiger partial charge in [-0.3, -0.25) is 14.3 Å². The minimum atomic E-state index is -0.264. The number of hydrogen-bond acceptors (Lipinski definition) is 3. The monoisotopic (exact) mass is 354 g/mol. The van der Waals surface area contributed by atoms with E-state index in [0.717, 1.165) is 38.0 Å². The second-order valence-electron chi connectivity index (χ2n) is 6.99. The average molecular weight is 354 g/mol. The first kappa shape index (κ1) is 18.2. The number of nitrogens with zero attached hydrogens (tertiary/aromatic N) is 3. The highest BCUT2D eigenvalue weighted by atomic mass is 16.2. The van der Waals surface area contributed by atoms with Crippen molar-refractivity contribution in [3.05, 3.63) is 53.3 Å². The third-order valence-corrected chi connectivity index (χ3v) is 4.97. The van der Waals surface area contributed by atoms with E-state index >= 15 is 0 Å². The molecule has 0 spiro atoms. The summed E-state index contributed by atoms with van der Waals surface area (Å²) in [5.74, 6) is 0.337. The lowest BCUT2D eigenvalue weighted by Crippen LogP contribution is -2.44. The largest absolute Gasteiger partial charge is 0.342 e. The Kier molecular flexibility index (Phi) is 5.71.